The van der Waals surface area contributed by atoms with E-state index < -0.39 is 0 Å². The normalized spacial score (nSPS) is 17.9. The van der Waals surface area contributed by atoms with Gasteiger partial charge in [0.2, 0.25) is 5.91 Å². The highest BCUT2D eigenvalue weighted by Gasteiger charge is 2.25. The van der Waals surface area contributed by atoms with Crippen molar-refractivity contribution in [2.24, 2.45) is 0 Å². The molecule has 6 heteroatoms. The first-order valence-electron chi connectivity index (χ1n) is 9.27. The Balaban J connectivity index is 1.34. The van der Waals surface area contributed by atoms with Gasteiger partial charge in [-0.25, -0.2) is 9.37 Å². The molecule has 1 fully saturated rings. The minimum Gasteiger partial charge on any atom is -0.351 e. The second-order valence-corrected chi connectivity index (χ2v) is 8.02. The third-order valence-electron chi connectivity index (χ3n) is 4.97. The van der Waals surface area contributed by atoms with E-state index in [-0.39, 0.29) is 18.3 Å². The molecular formula is C21H22FN3OS. The number of aromatic nitrogens is 1. The summed E-state index contributed by atoms with van der Waals surface area (Å²) in [4.78, 5) is 19.3. The molecule has 140 valence electrons. The number of nitrogens with zero attached hydrogens (tertiary/aromatic N) is 2. The molecule has 0 aliphatic carbocycles. The standard InChI is InChI=1S/C21H22FN3OS/c22-17-8-2-1-6-15(17)12-23-20(26)14-25-11-5-7-16(13-25)21-24-18-9-3-4-10-19(18)27-21/h1-4,6,8-10,16H,5,7,11-14H2,(H,23,26)/t16-/m1/s1. The van der Waals surface area contributed by atoms with Crippen LogP contribution in [0, 0.1) is 5.82 Å². The van der Waals surface area contributed by atoms with Gasteiger partial charge in [0.15, 0.2) is 0 Å². The minimum atomic E-state index is -0.285. The first-order chi connectivity index (χ1) is 13.2. The summed E-state index contributed by atoms with van der Waals surface area (Å²) in [7, 11) is 0. The van der Waals surface area contributed by atoms with E-state index in [9.17, 15) is 9.18 Å². The van der Waals surface area contributed by atoms with Crippen molar-refractivity contribution in [1.29, 1.82) is 0 Å². The molecule has 0 radical (unpaired) electrons. The number of rotatable bonds is 5. The summed E-state index contributed by atoms with van der Waals surface area (Å²) in [6.07, 6.45) is 2.16. The van der Waals surface area contributed by atoms with Crippen LogP contribution in [0.1, 0.15) is 29.3 Å². The van der Waals surface area contributed by atoms with Crippen LogP contribution in [0.2, 0.25) is 0 Å². The number of nitrogens with one attached hydrogen (secondary N) is 1. The number of halogens is 1. The molecule has 4 rings (SSSR count). The van der Waals surface area contributed by atoms with Gasteiger partial charge in [-0.1, -0.05) is 30.3 Å². The van der Waals surface area contributed by atoms with Gasteiger partial charge in [0.05, 0.1) is 21.8 Å². The lowest BCUT2D eigenvalue weighted by Gasteiger charge is -2.31. The van der Waals surface area contributed by atoms with Crippen LogP contribution in [0.3, 0.4) is 0 Å². The number of likely N-dealkylation sites (tertiary alicyclic amines) is 1. The van der Waals surface area contributed by atoms with Gasteiger partial charge >= 0.3 is 0 Å². The minimum absolute atomic E-state index is 0.0665. The quantitative estimate of drug-likeness (QED) is 0.726. The Morgan fingerprint density at radius 2 is 2.04 bits per heavy atom. The molecule has 27 heavy (non-hydrogen) atoms. The zero-order valence-electron chi connectivity index (χ0n) is 15.0. The number of carbonyl (C=O) groups is 1. The van der Waals surface area contributed by atoms with Crippen LogP contribution < -0.4 is 5.32 Å². The van der Waals surface area contributed by atoms with E-state index in [4.69, 9.17) is 4.98 Å². The van der Waals surface area contributed by atoms with Crippen molar-refractivity contribution in [3.05, 3.63) is 64.9 Å². The maximum atomic E-state index is 13.7. The summed E-state index contributed by atoms with van der Waals surface area (Å²) >= 11 is 1.75. The molecule has 1 aliphatic heterocycles. The van der Waals surface area contributed by atoms with E-state index in [0.29, 0.717) is 18.0 Å². The van der Waals surface area contributed by atoms with Gasteiger partial charge in [-0.15, -0.1) is 11.3 Å². The fourth-order valence-electron chi connectivity index (χ4n) is 3.56. The van der Waals surface area contributed by atoms with Crippen molar-refractivity contribution in [2.45, 2.75) is 25.3 Å². The highest BCUT2D eigenvalue weighted by Crippen LogP contribution is 2.32. The third-order valence-corrected chi connectivity index (χ3v) is 6.17. The Morgan fingerprint density at radius 3 is 2.89 bits per heavy atom. The van der Waals surface area contributed by atoms with Crippen molar-refractivity contribution in [3.8, 4) is 0 Å². The molecule has 1 aromatic heterocycles. The van der Waals surface area contributed by atoms with Crippen LogP contribution in [-0.2, 0) is 11.3 Å². The van der Waals surface area contributed by atoms with Gasteiger partial charge in [0.1, 0.15) is 5.82 Å². The number of hydrogen-bond donors (Lipinski definition) is 1. The highest BCUT2D eigenvalue weighted by atomic mass is 32.1. The average molecular weight is 383 g/mol. The Bertz CT molecular complexity index is 909. The Labute approximate surface area is 162 Å². The molecule has 1 aliphatic rings. The van der Waals surface area contributed by atoms with Crippen LogP contribution in [0.25, 0.3) is 10.2 Å². The summed E-state index contributed by atoms with van der Waals surface area (Å²) < 4.78 is 14.9. The number of thiazole rings is 1. The number of fused-ring (bicyclic) bond motifs is 1. The van der Waals surface area contributed by atoms with Crippen LogP contribution in [0.4, 0.5) is 4.39 Å². The lowest BCUT2D eigenvalue weighted by Crippen LogP contribution is -2.41. The van der Waals surface area contributed by atoms with E-state index in [1.807, 2.05) is 18.2 Å². The van der Waals surface area contributed by atoms with Gasteiger partial charge in [-0.3, -0.25) is 9.69 Å². The molecule has 2 heterocycles. The van der Waals surface area contributed by atoms with E-state index in [1.54, 1.807) is 29.5 Å². The van der Waals surface area contributed by atoms with Crippen molar-refractivity contribution < 1.29 is 9.18 Å². The molecule has 1 N–H and O–H groups in total. The predicted molar refractivity (Wildman–Crippen MR) is 106 cm³/mol. The van der Waals surface area contributed by atoms with Crippen LogP contribution in [-0.4, -0.2) is 35.4 Å². The summed E-state index contributed by atoms with van der Waals surface area (Å²) in [5.74, 6) is 0.0189. The zero-order valence-corrected chi connectivity index (χ0v) is 15.8. The Hall–Kier alpha value is -2.31. The maximum Gasteiger partial charge on any atom is 0.234 e. The molecule has 4 nitrogen and oxygen atoms in total. The number of benzene rings is 2. The second kappa shape index (κ2) is 8.15. The van der Waals surface area contributed by atoms with E-state index in [0.717, 1.165) is 36.5 Å². The average Bonchev–Trinajstić information content (AvgIpc) is 3.12. The smallest absolute Gasteiger partial charge is 0.234 e. The molecule has 0 saturated carbocycles. The van der Waals surface area contributed by atoms with Crippen molar-refractivity contribution >= 4 is 27.5 Å². The summed E-state index contributed by atoms with van der Waals surface area (Å²) in [5.41, 5.74) is 1.56. The lowest BCUT2D eigenvalue weighted by atomic mass is 9.99. The topological polar surface area (TPSA) is 45.2 Å². The summed E-state index contributed by atoms with van der Waals surface area (Å²) in [6, 6.07) is 14.7. The summed E-state index contributed by atoms with van der Waals surface area (Å²) in [5, 5.41) is 3.99. The number of amides is 1. The predicted octanol–water partition coefficient (Wildman–Crippen LogP) is 3.93. The molecule has 0 spiro atoms. The highest BCUT2D eigenvalue weighted by molar-refractivity contribution is 7.18. The third kappa shape index (κ3) is 4.34. The second-order valence-electron chi connectivity index (χ2n) is 6.96. The number of piperidine rings is 1. The largest absolute Gasteiger partial charge is 0.351 e. The maximum absolute atomic E-state index is 13.7. The zero-order chi connectivity index (χ0) is 18.6. The monoisotopic (exact) mass is 383 g/mol. The van der Waals surface area contributed by atoms with Gasteiger partial charge in [-0.05, 0) is 37.6 Å². The van der Waals surface area contributed by atoms with Gasteiger partial charge in [0, 0.05) is 24.6 Å². The molecule has 0 bridgehead atoms. The van der Waals surface area contributed by atoms with Gasteiger partial charge in [-0.2, -0.15) is 0 Å². The molecule has 3 aromatic rings. The molecule has 2 aromatic carbocycles. The SMILES string of the molecule is O=C(CN1CCC[C@@H](c2nc3ccccc3s2)C1)NCc1ccccc1F. The van der Waals surface area contributed by atoms with Crippen LogP contribution in [0.15, 0.2) is 48.5 Å². The first-order valence-corrected chi connectivity index (χ1v) is 10.1. The molecule has 1 atom stereocenters. The van der Waals surface area contributed by atoms with Crippen molar-refractivity contribution in [2.75, 3.05) is 19.6 Å². The molecular weight excluding hydrogens is 361 g/mol. The van der Waals surface area contributed by atoms with Crippen LogP contribution in [0.5, 0.6) is 0 Å². The fourth-order valence-corrected chi connectivity index (χ4v) is 4.65. The van der Waals surface area contributed by atoms with Crippen molar-refractivity contribution in [1.82, 2.24) is 15.2 Å². The fraction of sp³-hybridized carbons (Fsp3) is 0.333. The number of hydrogen-bond acceptors (Lipinski definition) is 4. The van der Waals surface area contributed by atoms with E-state index >= 15 is 0 Å². The molecule has 1 saturated heterocycles. The summed E-state index contributed by atoms with van der Waals surface area (Å²) in [6.45, 7) is 2.32. The van der Waals surface area contributed by atoms with Gasteiger partial charge < -0.3 is 5.32 Å². The van der Waals surface area contributed by atoms with E-state index in [1.165, 1.54) is 10.8 Å². The van der Waals surface area contributed by atoms with Crippen LogP contribution >= 0.6 is 11.3 Å². The molecule has 0 unspecified atom stereocenters. The Morgan fingerprint density at radius 1 is 1.22 bits per heavy atom. The lowest BCUT2D eigenvalue weighted by molar-refractivity contribution is -0.122. The van der Waals surface area contributed by atoms with E-state index in [2.05, 4.69) is 16.3 Å². The molecule has 1 amide bonds. The van der Waals surface area contributed by atoms with Gasteiger partial charge in [0.25, 0.3) is 0 Å². The van der Waals surface area contributed by atoms with Crippen molar-refractivity contribution in [3.63, 3.8) is 0 Å². The number of para-hydroxylation sites is 1. The first kappa shape index (κ1) is 18.1. The number of carbonyl (C=O) groups excluding carboxylic acids is 1. The Kier molecular flexibility index (Phi) is 5.45.